The lowest BCUT2D eigenvalue weighted by Crippen LogP contribution is -2.39. The van der Waals surface area contributed by atoms with Crippen molar-refractivity contribution in [3.05, 3.63) is 60.2 Å². The molecule has 2 rings (SSSR count). The Balaban J connectivity index is 2.12. The number of urea groups is 1. The highest BCUT2D eigenvalue weighted by molar-refractivity contribution is 5.78. The number of hydrogen-bond acceptors (Lipinski definition) is 3. The van der Waals surface area contributed by atoms with E-state index in [0.717, 1.165) is 0 Å². The zero-order valence-electron chi connectivity index (χ0n) is 14.1. The van der Waals surface area contributed by atoms with Gasteiger partial charge in [0.05, 0.1) is 12.5 Å². The Morgan fingerprint density at radius 3 is 2.33 bits per heavy atom. The number of benzene rings is 2. The summed E-state index contributed by atoms with van der Waals surface area (Å²) < 4.78 is 42.4. The first-order chi connectivity index (χ1) is 12.7. The van der Waals surface area contributed by atoms with E-state index in [1.54, 1.807) is 53.8 Å². The molecule has 2 aromatic carbocycles. The molecule has 0 aliphatic carbocycles. The smallest absolute Gasteiger partial charge is 0.405 e. The van der Waals surface area contributed by atoms with Gasteiger partial charge in [0.2, 0.25) is 5.91 Å². The summed E-state index contributed by atoms with van der Waals surface area (Å²) >= 11 is 0. The van der Waals surface area contributed by atoms with Gasteiger partial charge in [0.25, 0.3) is 0 Å². The quantitative estimate of drug-likeness (QED) is 0.687. The van der Waals surface area contributed by atoms with E-state index in [-0.39, 0.29) is 0 Å². The van der Waals surface area contributed by atoms with E-state index in [4.69, 9.17) is 10.5 Å². The van der Waals surface area contributed by atoms with Gasteiger partial charge in [-0.25, -0.2) is 4.79 Å². The van der Waals surface area contributed by atoms with Gasteiger partial charge in [-0.15, -0.1) is 0 Å². The highest BCUT2D eigenvalue weighted by Gasteiger charge is 2.28. The van der Waals surface area contributed by atoms with Crippen molar-refractivity contribution in [2.45, 2.75) is 18.6 Å². The van der Waals surface area contributed by atoms with Gasteiger partial charge in [-0.05, 0) is 29.8 Å². The number of carbonyl (C=O) groups is 2. The van der Waals surface area contributed by atoms with Crippen LogP contribution in [0.5, 0.6) is 11.5 Å². The van der Waals surface area contributed by atoms with Crippen molar-refractivity contribution in [3.63, 3.8) is 0 Å². The minimum atomic E-state index is -4.52. The number of rotatable bonds is 7. The second kappa shape index (κ2) is 8.93. The summed E-state index contributed by atoms with van der Waals surface area (Å²) in [7, 11) is 0. The number of ether oxygens (including phenoxy) is 1. The molecule has 0 saturated carbocycles. The minimum Gasteiger partial charge on any atom is -0.457 e. The number of amides is 3. The van der Waals surface area contributed by atoms with Gasteiger partial charge in [0, 0.05) is 0 Å². The summed E-state index contributed by atoms with van der Waals surface area (Å²) in [5.41, 5.74) is 5.58. The molecule has 4 N–H and O–H groups in total. The number of nitrogens with two attached hydrogens (primary N) is 1. The lowest BCUT2D eigenvalue weighted by molar-refractivity contribution is -0.138. The number of halogens is 3. The van der Waals surface area contributed by atoms with E-state index in [1.807, 2.05) is 6.07 Å². The summed E-state index contributed by atoms with van der Waals surface area (Å²) in [4.78, 5) is 23.0. The topological polar surface area (TPSA) is 93.5 Å². The summed E-state index contributed by atoms with van der Waals surface area (Å²) in [6, 6.07) is 13.6. The van der Waals surface area contributed by atoms with E-state index in [2.05, 4.69) is 5.32 Å². The van der Waals surface area contributed by atoms with Crippen LogP contribution in [0, 0.1) is 0 Å². The fourth-order valence-corrected chi connectivity index (χ4v) is 2.30. The molecule has 27 heavy (non-hydrogen) atoms. The minimum absolute atomic E-state index is 0.409. The standard InChI is InChI=1S/C18H18F3N3O3/c19-18(20,21)11-23-16(25)10-15(24-17(22)26)12-5-4-8-14(9-12)27-13-6-2-1-3-7-13/h1-9,15H,10-11H2,(H,23,25)(H3,22,24,26). The fourth-order valence-electron chi connectivity index (χ4n) is 2.30. The first kappa shape index (κ1) is 20.1. The third-order valence-corrected chi connectivity index (χ3v) is 3.43. The maximum absolute atomic E-state index is 12.2. The van der Waals surface area contributed by atoms with E-state index < -0.39 is 37.1 Å². The monoisotopic (exact) mass is 381 g/mol. The first-order valence-electron chi connectivity index (χ1n) is 7.95. The van der Waals surface area contributed by atoms with Gasteiger partial charge in [-0.1, -0.05) is 30.3 Å². The molecule has 0 heterocycles. The molecule has 0 saturated heterocycles. The van der Waals surface area contributed by atoms with Crippen molar-refractivity contribution in [2.75, 3.05) is 6.54 Å². The van der Waals surface area contributed by atoms with Crippen LogP contribution < -0.4 is 21.1 Å². The van der Waals surface area contributed by atoms with E-state index in [9.17, 15) is 22.8 Å². The molecule has 0 radical (unpaired) electrons. The lowest BCUT2D eigenvalue weighted by Gasteiger charge is -2.19. The third-order valence-electron chi connectivity index (χ3n) is 3.43. The van der Waals surface area contributed by atoms with Crippen LogP contribution in [0.1, 0.15) is 18.0 Å². The molecular formula is C18H18F3N3O3. The summed E-state index contributed by atoms with van der Waals surface area (Å²) in [5, 5.41) is 4.12. The van der Waals surface area contributed by atoms with Crippen LogP contribution in [0.3, 0.4) is 0 Å². The van der Waals surface area contributed by atoms with E-state index in [0.29, 0.717) is 17.1 Å². The molecule has 0 aliphatic heterocycles. The fraction of sp³-hybridized carbons (Fsp3) is 0.222. The largest absolute Gasteiger partial charge is 0.457 e. The zero-order valence-corrected chi connectivity index (χ0v) is 14.1. The molecule has 3 amide bonds. The normalized spacial score (nSPS) is 12.1. The van der Waals surface area contributed by atoms with Crippen LogP contribution in [0.4, 0.5) is 18.0 Å². The number of alkyl halides is 3. The van der Waals surface area contributed by atoms with Crippen molar-refractivity contribution in [3.8, 4) is 11.5 Å². The summed E-state index contributed by atoms with van der Waals surface area (Å²) in [6.07, 6.45) is -4.93. The Morgan fingerprint density at radius 1 is 1.04 bits per heavy atom. The van der Waals surface area contributed by atoms with Crippen LogP contribution in [0.25, 0.3) is 0 Å². The molecule has 1 atom stereocenters. The Morgan fingerprint density at radius 2 is 1.70 bits per heavy atom. The lowest BCUT2D eigenvalue weighted by atomic mass is 10.0. The van der Waals surface area contributed by atoms with Crippen molar-refractivity contribution in [1.29, 1.82) is 0 Å². The Hall–Kier alpha value is -3.23. The first-order valence-corrected chi connectivity index (χ1v) is 7.95. The predicted molar refractivity (Wildman–Crippen MR) is 92.1 cm³/mol. The predicted octanol–water partition coefficient (Wildman–Crippen LogP) is 3.26. The maximum atomic E-state index is 12.2. The second-order valence-electron chi connectivity index (χ2n) is 5.64. The molecule has 0 spiro atoms. The molecule has 0 bridgehead atoms. The van der Waals surface area contributed by atoms with Crippen molar-refractivity contribution >= 4 is 11.9 Å². The highest BCUT2D eigenvalue weighted by atomic mass is 19.4. The van der Waals surface area contributed by atoms with Gasteiger partial charge in [0.1, 0.15) is 18.0 Å². The van der Waals surface area contributed by atoms with Crippen LogP contribution in [-0.4, -0.2) is 24.7 Å². The van der Waals surface area contributed by atoms with Gasteiger partial charge in [-0.3, -0.25) is 4.79 Å². The number of carbonyl (C=O) groups excluding carboxylic acids is 2. The number of nitrogens with one attached hydrogen (secondary N) is 2. The van der Waals surface area contributed by atoms with Gasteiger partial charge < -0.3 is 21.1 Å². The van der Waals surface area contributed by atoms with Gasteiger partial charge in [-0.2, -0.15) is 13.2 Å². The third kappa shape index (κ3) is 7.27. The number of para-hydroxylation sites is 1. The molecular weight excluding hydrogens is 363 g/mol. The molecule has 1 unspecified atom stereocenters. The molecule has 2 aromatic rings. The molecule has 144 valence electrons. The van der Waals surface area contributed by atoms with Crippen molar-refractivity contribution in [1.82, 2.24) is 10.6 Å². The van der Waals surface area contributed by atoms with E-state index >= 15 is 0 Å². The molecule has 9 heteroatoms. The Labute approximate surface area is 153 Å². The Bertz CT molecular complexity index is 782. The van der Waals surface area contributed by atoms with Crippen LogP contribution >= 0.6 is 0 Å². The average molecular weight is 381 g/mol. The van der Waals surface area contributed by atoms with Crippen LogP contribution in [-0.2, 0) is 4.79 Å². The van der Waals surface area contributed by atoms with Gasteiger partial charge in [0.15, 0.2) is 0 Å². The number of primary amides is 1. The van der Waals surface area contributed by atoms with Crippen molar-refractivity contribution in [2.24, 2.45) is 5.73 Å². The Kier molecular flexibility index (Phi) is 6.64. The van der Waals surface area contributed by atoms with Crippen LogP contribution in [0.2, 0.25) is 0 Å². The summed E-state index contributed by atoms with van der Waals surface area (Å²) in [6.45, 7) is -1.45. The zero-order chi connectivity index (χ0) is 19.9. The van der Waals surface area contributed by atoms with E-state index in [1.165, 1.54) is 0 Å². The maximum Gasteiger partial charge on any atom is 0.405 e. The SMILES string of the molecule is NC(=O)NC(CC(=O)NCC(F)(F)F)c1cccc(Oc2ccccc2)c1. The molecule has 0 fully saturated rings. The second-order valence-corrected chi connectivity index (χ2v) is 5.64. The van der Waals surface area contributed by atoms with Crippen molar-refractivity contribution < 1.29 is 27.5 Å². The molecule has 6 nitrogen and oxygen atoms in total. The summed E-state index contributed by atoms with van der Waals surface area (Å²) in [5.74, 6) is 0.142. The number of hydrogen-bond donors (Lipinski definition) is 3. The average Bonchev–Trinajstić information content (AvgIpc) is 2.60. The highest BCUT2D eigenvalue weighted by Crippen LogP contribution is 2.26. The van der Waals surface area contributed by atoms with Gasteiger partial charge >= 0.3 is 12.2 Å². The molecule has 0 aromatic heterocycles. The van der Waals surface area contributed by atoms with Crippen LogP contribution in [0.15, 0.2) is 54.6 Å². The molecule has 0 aliphatic rings.